The van der Waals surface area contributed by atoms with Crippen molar-refractivity contribution in [3.63, 3.8) is 0 Å². The van der Waals surface area contributed by atoms with Crippen LogP contribution in [0.1, 0.15) is 6.92 Å². The normalized spacial score (nSPS) is 27.3. The number of rotatable bonds is 2. The molecular formula is C7H15NO2. The Morgan fingerprint density at radius 1 is 1.50 bits per heavy atom. The van der Waals surface area contributed by atoms with Crippen molar-refractivity contribution in [1.29, 1.82) is 0 Å². The fourth-order valence-corrected chi connectivity index (χ4v) is 0.933. The van der Waals surface area contributed by atoms with E-state index < -0.39 is 0 Å². The van der Waals surface area contributed by atoms with Gasteiger partial charge < -0.3 is 9.47 Å². The van der Waals surface area contributed by atoms with Gasteiger partial charge in [-0.15, -0.1) is 0 Å². The maximum atomic E-state index is 5.43. The van der Waals surface area contributed by atoms with E-state index in [4.69, 9.17) is 9.47 Å². The summed E-state index contributed by atoms with van der Waals surface area (Å²) in [6.07, 6.45) is 0.179. The summed E-state index contributed by atoms with van der Waals surface area (Å²) >= 11 is 0. The average Bonchev–Trinajstić information content (AvgIpc) is 2.05. The van der Waals surface area contributed by atoms with Crippen LogP contribution >= 0.6 is 0 Å². The highest BCUT2D eigenvalue weighted by atomic mass is 16.6. The highest BCUT2D eigenvalue weighted by molar-refractivity contribution is 4.58. The molecule has 0 saturated carbocycles. The van der Waals surface area contributed by atoms with E-state index in [0.29, 0.717) is 6.61 Å². The maximum Gasteiger partial charge on any atom is 0.134 e. The van der Waals surface area contributed by atoms with Gasteiger partial charge in [-0.25, -0.2) is 0 Å². The van der Waals surface area contributed by atoms with Crippen molar-refractivity contribution in [2.24, 2.45) is 0 Å². The molecule has 1 fully saturated rings. The number of nitrogens with zero attached hydrogens (tertiary/aromatic N) is 1. The molecule has 3 nitrogen and oxygen atoms in total. The first-order valence-corrected chi connectivity index (χ1v) is 3.74. The molecule has 60 valence electrons. The monoisotopic (exact) mass is 145 g/mol. The van der Waals surface area contributed by atoms with E-state index in [1.54, 1.807) is 0 Å². The SMILES string of the molecule is CCN(C)C1COCCO1. The number of ether oxygens (including phenoxy) is 2. The van der Waals surface area contributed by atoms with Crippen molar-refractivity contribution >= 4 is 0 Å². The van der Waals surface area contributed by atoms with E-state index in [0.717, 1.165) is 19.8 Å². The third kappa shape index (κ3) is 1.94. The number of hydrogen-bond acceptors (Lipinski definition) is 3. The first kappa shape index (κ1) is 7.98. The summed E-state index contributed by atoms with van der Waals surface area (Å²) in [5, 5.41) is 0. The van der Waals surface area contributed by atoms with Gasteiger partial charge in [0.25, 0.3) is 0 Å². The van der Waals surface area contributed by atoms with Gasteiger partial charge in [-0.1, -0.05) is 6.92 Å². The molecule has 1 aliphatic rings. The van der Waals surface area contributed by atoms with E-state index in [-0.39, 0.29) is 6.23 Å². The Kier molecular flexibility index (Phi) is 3.12. The molecule has 0 aromatic heterocycles. The smallest absolute Gasteiger partial charge is 0.134 e. The minimum Gasteiger partial charge on any atom is -0.375 e. The zero-order chi connectivity index (χ0) is 7.40. The van der Waals surface area contributed by atoms with Crippen LogP contribution in [0.25, 0.3) is 0 Å². The summed E-state index contributed by atoms with van der Waals surface area (Å²) in [4.78, 5) is 2.14. The van der Waals surface area contributed by atoms with Crippen molar-refractivity contribution in [1.82, 2.24) is 4.90 Å². The van der Waals surface area contributed by atoms with Crippen molar-refractivity contribution in [3.05, 3.63) is 0 Å². The summed E-state index contributed by atoms with van der Waals surface area (Å²) in [5.74, 6) is 0. The van der Waals surface area contributed by atoms with Gasteiger partial charge >= 0.3 is 0 Å². The van der Waals surface area contributed by atoms with Crippen LogP contribution in [0.2, 0.25) is 0 Å². The summed E-state index contributed by atoms with van der Waals surface area (Å²) in [5.41, 5.74) is 0. The van der Waals surface area contributed by atoms with E-state index in [9.17, 15) is 0 Å². The number of likely N-dealkylation sites (N-methyl/N-ethyl adjacent to an activating group) is 1. The van der Waals surface area contributed by atoms with Gasteiger partial charge in [0, 0.05) is 0 Å². The molecule has 1 heterocycles. The second-order valence-electron chi connectivity index (χ2n) is 2.47. The fourth-order valence-electron chi connectivity index (χ4n) is 0.933. The molecule has 0 spiro atoms. The Morgan fingerprint density at radius 3 is 2.80 bits per heavy atom. The third-order valence-corrected chi connectivity index (χ3v) is 1.79. The van der Waals surface area contributed by atoms with Gasteiger partial charge in [0.2, 0.25) is 0 Å². The predicted octanol–water partition coefficient (Wildman–Crippen LogP) is 0.311. The van der Waals surface area contributed by atoms with Crippen LogP contribution in [-0.2, 0) is 9.47 Å². The molecule has 0 bridgehead atoms. The van der Waals surface area contributed by atoms with E-state index in [1.807, 2.05) is 7.05 Å². The van der Waals surface area contributed by atoms with Gasteiger partial charge in [0.1, 0.15) is 6.23 Å². The topological polar surface area (TPSA) is 21.7 Å². The highest BCUT2D eigenvalue weighted by Crippen LogP contribution is 2.03. The quantitative estimate of drug-likeness (QED) is 0.558. The lowest BCUT2D eigenvalue weighted by molar-refractivity contribution is -0.146. The van der Waals surface area contributed by atoms with E-state index in [1.165, 1.54) is 0 Å². The molecule has 0 aromatic rings. The summed E-state index contributed by atoms with van der Waals surface area (Å²) < 4.78 is 10.7. The average molecular weight is 145 g/mol. The molecule has 1 atom stereocenters. The Morgan fingerprint density at radius 2 is 2.30 bits per heavy atom. The Hall–Kier alpha value is -0.120. The molecule has 1 aliphatic heterocycles. The first-order valence-electron chi connectivity index (χ1n) is 3.74. The lowest BCUT2D eigenvalue weighted by Gasteiger charge is -2.29. The molecule has 10 heavy (non-hydrogen) atoms. The van der Waals surface area contributed by atoms with Crippen LogP contribution in [-0.4, -0.2) is 44.5 Å². The van der Waals surface area contributed by atoms with Gasteiger partial charge in [-0.2, -0.15) is 0 Å². The summed E-state index contributed by atoms with van der Waals surface area (Å²) in [7, 11) is 2.04. The number of hydrogen-bond donors (Lipinski definition) is 0. The predicted molar refractivity (Wildman–Crippen MR) is 38.9 cm³/mol. The van der Waals surface area contributed by atoms with Crippen LogP contribution in [0.4, 0.5) is 0 Å². The molecule has 3 heteroatoms. The Labute approximate surface area is 61.9 Å². The van der Waals surface area contributed by atoms with Gasteiger partial charge in [-0.3, -0.25) is 4.90 Å². The van der Waals surface area contributed by atoms with Gasteiger partial charge in [-0.05, 0) is 13.6 Å². The molecule has 1 unspecified atom stereocenters. The molecule has 0 aliphatic carbocycles. The minimum absolute atomic E-state index is 0.179. The minimum atomic E-state index is 0.179. The highest BCUT2D eigenvalue weighted by Gasteiger charge is 2.16. The van der Waals surface area contributed by atoms with Crippen molar-refractivity contribution in [3.8, 4) is 0 Å². The van der Waals surface area contributed by atoms with Gasteiger partial charge in [0.05, 0.1) is 19.8 Å². The van der Waals surface area contributed by atoms with Crippen LogP contribution in [0.15, 0.2) is 0 Å². The lowest BCUT2D eigenvalue weighted by Crippen LogP contribution is -2.41. The molecular weight excluding hydrogens is 130 g/mol. The molecule has 0 amide bonds. The molecule has 0 N–H and O–H groups in total. The zero-order valence-corrected chi connectivity index (χ0v) is 6.67. The van der Waals surface area contributed by atoms with E-state index in [2.05, 4.69) is 11.8 Å². The third-order valence-electron chi connectivity index (χ3n) is 1.79. The Bertz CT molecular complexity index is 91.6. The summed E-state index contributed by atoms with van der Waals surface area (Å²) in [6, 6.07) is 0. The molecule has 0 radical (unpaired) electrons. The van der Waals surface area contributed by atoms with Crippen LogP contribution in [0, 0.1) is 0 Å². The van der Waals surface area contributed by atoms with Crippen LogP contribution in [0.5, 0.6) is 0 Å². The Balaban J connectivity index is 2.24. The standard InChI is InChI=1S/C7H15NO2/c1-3-8(2)7-6-9-4-5-10-7/h7H,3-6H2,1-2H3. The zero-order valence-electron chi connectivity index (χ0n) is 6.67. The first-order chi connectivity index (χ1) is 4.84. The van der Waals surface area contributed by atoms with Crippen LogP contribution < -0.4 is 0 Å². The second kappa shape index (κ2) is 3.91. The van der Waals surface area contributed by atoms with Crippen molar-refractivity contribution in [2.75, 3.05) is 33.4 Å². The molecule has 1 saturated heterocycles. The van der Waals surface area contributed by atoms with Crippen LogP contribution in [0.3, 0.4) is 0 Å². The lowest BCUT2D eigenvalue weighted by atomic mass is 10.4. The fraction of sp³-hybridized carbons (Fsp3) is 1.00. The molecule has 1 rings (SSSR count). The van der Waals surface area contributed by atoms with Crippen molar-refractivity contribution in [2.45, 2.75) is 13.2 Å². The molecule has 0 aromatic carbocycles. The summed E-state index contributed by atoms with van der Waals surface area (Å²) in [6.45, 7) is 5.30. The second-order valence-corrected chi connectivity index (χ2v) is 2.47. The van der Waals surface area contributed by atoms with Gasteiger partial charge in [0.15, 0.2) is 0 Å². The van der Waals surface area contributed by atoms with E-state index >= 15 is 0 Å². The maximum absolute atomic E-state index is 5.43. The van der Waals surface area contributed by atoms with Crippen molar-refractivity contribution < 1.29 is 9.47 Å². The largest absolute Gasteiger partial charge is 0.375 e.